The minimum atomic E-state index is -0.110. The van der Waals surface area contributed by atoms with Gasteiger partial charge in [0.15, 0.2) is 0 Å². The maximum absolute atomic E-state index is 11.8. The molecule has 0 unspecified atom stereocenters. The highest BCUT2D eigenvalue weighted by molar-refractivity contribution is 5.91. The molecule has 102 valence electrons. The maximum Gasteiger partial charge on any atom is 0.336 e. The van der Waals surface area contributed by atoms with E-state index in [0.29, 0.717) is 12.6 Å². The molecule has 0 aromatic heterocycles. The molecule has 1 saturated heterocycles. The van der Waals surface area contributed by atoms with E-state index in [9.17, 15) is 4.79 Å². The molecule has 1 atom stereocenters. The summed E-state index contributed by atoms with van der Waals surface area (Å²) < 4.78 is 10.5. The summed E-state index contributed by atoms with van der Waals surface area (Å²) in [4.78, 5) is 14.1. The number of methoxy groups -OCH3 is 1. The molecule has 0 aromatic rings. The third-order valence-corrected chi connectivity index (χ3v) is 3.80. The van der Waals surface area contributed by atoms with Crippen molar-refractivity contribution in [2.45, 2.75) is 45.1 Å². The normalized spacial score (nSPS) is 24.0. The molecule has 0 amide bonds. The van der Waals surface area contributed by atoms with Crippen molar-refractivity contribution >= 4 is 5.97 Å². The summed E-state index contributed by atoms with van der Waals surface area (Å²) in [7, 11) is 1.74. The fourth-order valence-corrected chi connectivity index (χ4v) is 2.84. The molecule has 2 rings (SSSR count). The number of carbonyl (C=O) groups is 1. The van der Waals surface area contributed by atoms with Gasteiger partial charge in [-0.3, -0.25) is 0 Å². The molecule has 2 aliphatic rings. The van der Waals surface area contributed by atoms with E-state index in [1.54, 1.807) is 7.11 Å². The SMILES string of the molecule is CCCCC1=C(N2CCC[C@H]2COC)COC1=O. The summed E-state index contributed by atoms with van der Waals surface area (Å²) in [6.45, 7) is 4.36. The van der Waals surface area contributed by atoms with Crippen molar-refractivity contribution < 1.29 is 14.3 Å². The van der Waals surface area contributed by atoms with Crippen LogP contribution in [0, 0.1) is 0 Å². The predicted molar refractivity (Wildman–Crippen MR) is 69.1 cm³/mol. The van der Waals surface area contributed by atoms with Crippen LogP contribution < -0.4 is 0 Å². The summed E-state index contributed by atoms with van der Waals surface area (Å²) in [6, 6.07) is 0.413. The van der Waals surface area contributed by atoms with Gasteiger partial charge in [0.25, 0.3) is 0 Å². The lowest BCUT2D eigenvalue weighted by Gasteiger charge is -2.27. The number of carbonyl (C=O) groups excluding carboxylic acids is 1. The van der Waals surface area contributed by atoms with Crippen LogP contribution in [-0.2, 0) is 14.3 Å². The smallest absolute Gasteiger partial charge is 0.336 e. The number of esters is 1. The first kappa shape index (κ1) is 13.4. The van der Waals surface area contributed by atoms with Gasteiger partial charge >= 0.3 is 5.97 Å². The number of rotatable bonds is 6. The van der Waals surface area contributed by atoms with Gasteiger partial charge in [-0.25, -0.2) is 4.79 Å². The van der Waals surface area contributed by atoms with Crippen molar-refractivity contribution in [3.63, 3.8) is 0 Å². The van der Waals surface area contributed by atoms with E-state index in [1.807, 2.05) is 0 Å². The zero-order valence-electron chi connectivity index (χ0n) is 11.4. The van der Waals surface area contributed by atoms with Crippen LogP contribution in [0.15, 0.2) is 11.3 Å². The van der Waals surface area contributed by atoms with Gasteiger partial charge in [0.05, 0.1) is 23.9 Å². The number of nitrogens with zero attached hydrogens (tertiary/aromatic N) is 1. The molecule has 4 heteroatoms. The van der Waals surface area contributed by atoms with Gasteiger partial charge in [-0.2, -0.15) is 0 Å². The lowest BCUT2D eigenvalue weighted by molar-refractivity contribution is -0.136. The zero-order valence-corrected chi connectivity index (χ0v) is 11.4. The topological polar surface area (TPSA) is 38.8 Å². The molecule has 2 heterocycles. The van der Waals surface area contributed by atoms with Crippen LogP contribution in [0.25, 0.3) is 0 Å². The third kappa shape index (κ3) is 2.69. The van der Waals surface area contributed by atoms with Crippen LogP contribution >= 0.6 is 0 Å². The molecule has 0 saturated carbocycles. The largest absolute Gasteiger partial charge is 0.456 e. The quantitative estimate of drug-likeness (QED) is 0.680. The van der Waals surface area contributed by atoms with Crippen molar-refractivity contribution in [3.05, 3.63) is 11.3 Å². The lowest BCUT2D eigenvalue weighted by atomic mass is 10.1. The average molecular weight is 253 g/mol. The minimum Gasteiger partial charge on any atom is -0.456 e. The Balaban J connectivity index is 2.12. The molecule has 0 aromatic carbocycles. The second-order valence-electron chi connectivity index (χ2n) is 5.05. The van der Waals surface area contributed by atoms with Gasteiger partial charge < -0.3 is 14.4 Å². The van der Waals surface area contributed by atoms with E-state index in [-0.39, 0.29) is 5.97 Å². The molecule has 0 aliphatic carbocycles. The van der Waals surface area contributed by atoms with Crippen LogP contribution in [0.2, 0.25) is 0 Å². The molecular formula is C14H23NO3. The molecule has 0 spiro atoms. The second kappa shape index (κ2) is 6.23. The number of cyclic esters (lactones) is 1. The second-order valence-corrected chi connectivity index (χ2v) is 5.05. The van der Waals surface area contributed by atoms with Crippen molar-refractivity contribution in [2.75, 3.05) is 26.9 Å². The molecule has 0 N–H and O–H groups in total. The van der Waals surface area contributed by atoms with E-state index in [0.717, 1.165) is 50.1 Å². The lowest BCUT2D eigenvalue weighted by Crippen LogP contribution is -2.33. The van der Waals surface area contributed by atoms with Crippen molar-refractivity contribution in [3.8, 4) is 0 Å². The molecule has 18 heavy (non-hydrogen) atoms. The summed E-state index contributed by atoms with van der Waals surface area (Å²) in [5.74, 6) is -0.110. The average Bonchev–Trinajstić information content (AvgIpc) is 2.94. The van der Waals surface area contributed by atoms with Gasteiger partial charge in [-0.15, -0.1) is 0 Å². The molecule has 0 bridgehead atoms. The van der Waals surface area contributed by atoms with E-state index in [2.05, 4.69) is 11.8 Å². The minimum absolute atomic E-state index is 0.110. The summed E-state index contributed by atoms with van der Waals surface area (Å²) in [6.07, 6.45) is 5.32. The Bertz CT molecular complexity index is 338. The van der Waals surface area contributed by atoms with E-state index < -0.39 is 0 Å². The zero-order chi connectivity index (χ0) is 13.0. The van der Waals surface area contributed by atoms with Crippen LogP contribution in [0.5, 0.6) is 0 Å². The molecule has 1 fully saturated rings. The molecule has 0 radical (unpaired) electrons. The van der Waals surface area contributed by atoms with Gasteiger partial charge in [0.2, 0.25) is 0 Å². The highest BCUT2D eigenvalue weighted by atomic mass is 16.5. The Morgan fingerprint density at radius 2 is 2.33 bits per heavy atom. The Hall–Kier alpha value is -1.03. The van der Waals surface area contributed by atoms with Gasteiger partial charge in [0.1, 0.15) is 6.61 Å². The highest BCUT2D eigenvalue weighted by Gasteiger charge is 2.33. The molecular weight excluding hydrogens is 230 g/mol. The Morgan fingerprint density at radius 3 is 3.06 bits per heavy atom. The van der Waals surface area contributed by atoms with E-state index >= 15 is 0 Å². The highest BCUT2D eigenvalue weighted by Crippen LogP contribution is 2.30. The van der Waals surface area contributed by atoms with Crippen LogP contribution in [0.1, 0.15) is 39.0 Å². The number of ether oxygens (including phenoxy) is 2. The molecule has 4 nitrogen and oxygen atoms in total. The third-order valence-electron chi connectivity index (χ3n) is 3.80. The summed E-state index contributed by atoms with van der Waals surface area (Å²) in [5, 5.41) is 0. The fourth-order valence-electron chi connectivity index (χ4n) is 2.84. The number of hydrogen-bond acceptors (Lipinski definition) is 4. The van der Waals surface area contributed by atoms with Crippen molar-refractivity contribution in [2.24, 2.45) is 0 Å². The van der Waals surface area contributed by atoms with Crippen LogP contribution in [0.4, 0.5) is 0 Å². The fraction of sp³-hybridized carbons (Fsp3) is 0.786. The molecule has 2 aliphatic heterocycles. The van der Waals surface area contributed by atoms with E-state index in [1.165, 1.54) is 6.42 Å². The van der Waals surface area contributed by atoms with Crippen LogP contribution in [-0.4, -0.2) is 43.8 Å². The number of likely N-dealkylation sites (tertiary alicyclic amines) is 1. The monoisotopic (exact) mass is 253 g/mol. The Morgan fingerprint density at radius 1 is 1.50 bits per heavy atom. The van der Waals surface area contributed by atoms with Gasteiger partial charge in [0, 0.05) is 13.7 Å². The van der Waals surface area contributed by atoms with Gasteiger partial charge in [-0.1, -0.05) is 13.3 Å². The van der Waals surface area contributed by atoms with Crippen molar-refractivity contribution in [1.82, 2.24) is 4.90 Å². The van der Waals surface area contributed by atoms with Crippen molar-refractivity contribution in [1.29, 1.82) is 0 Å². The summed E-state index contributed by atoms with van der Waals surface area (Å²) >= 11 is 0. The predicted octanol–water partition coefficient (Wildman–Crippen LogP) is 2.10. The first-order valence-electron chi connectivity index (χ1n) is 6.92. The number of unbranched alkanes of at least 4 members (excludes halogenated alkanes) is 1. The van der Waals surface area contributed by atoms with Gasteiger partial charge in [-0.05, 0) is 25.7 Å². The standard InChI is InChI=1S/C14H23NO3/c1-3-4-7-12-13(10-18-14(12)16)15-8-5-6-11(15)9-17-2/h11H,3-10H2,1-2H3/t11-/m0/s1. The Kier molecular flexibility index (Phi) is 4.64. The van der Waals surface area contributed by atoms with Crippen LogP contribution in [0.3, 0.4) is 0 Å². The number of hydrogen-bond donors (Lipinski definition) is 0. The Labute approximate surface area is 109 Å². The maximum atomic E-state index is 11.8. The first-order valence-corrected chi connectivity index (χ1v) is 6.92. The van der Waals surface area contributed by atoms with E-state index in [4.69, 9.17) is 9.47 Å². The summed E-state index contributed by atoms with van der Waals surface area (Å²) in [5.41, 5.74) is 2.02. The first-order chi connectivity index (χ1) is 8.77.